The lowest BCUT2D eigenvalue weighted by Crippen LogP contribution is -2.51. The molecule has 1 saturated carbocycles. The first kappa shape index (κ1) is 19.8. The van der Waals surface area contributed by atoms with Crippen LogP contribution in [0.1, 0.15) is 36.8 Å². The van der Waals surface area contributed by atoms with Crippen molar-refractivity contribution in [2.24, 2.45) is 0 Å². The highest BCUT2D eigenvalue weighted by Crippen LogP contribution is 2.38. The third-order valence-corrected chi connectivity index (χ3v) is 6.29. The third-order valence-electron chi connectivity index (χ3n) is 6.29. The van der Waals surface area contributed by atoms with E-state index in [1.165, 1.54) is 0 Å². The lowest BCUT2D eigenvalue weighted by atomic mass is 9.81. The Bertz CT molecular complexity index is 859. The predicted molar refractivity (Wildman–Crippen MR) is 113 cm³/mol. The summed E-state index contributed by atoms with van der Waals surface area (Å²) in [7, 11) is 3.67. The maximum atomic E-state index is 13.3. The fourth-order valence-corrected chi connectivity index (χ4v) is 4.55. The van der Waals surface area contributed by atoms with Crippen LogP contribution < -0.4 is 14.8 Å². The Morgan fingerprint density at radius 2 is 2.00 bits per heavy atom. The van der Waals surface area contributed by atoms with E-state index >= 15 is 0 Å². The first-order valence-electron chi connectivity index (χ1n) is 10.5. The van der Waals surface area contributed by atoms with Crippen molar-refractivity contribution in [2.75, 3.05) is 20.7 Å². The van der Waals surface area contributed by atoms with Crippen molar-refractivity contribution in [3.63, 3.8) is 0 Å². The molecule has 0 atom stereocenters. The van der Waals surface area contributed by atoms with Crippen molar-refractivity contribution < 1.29 is 14.3 Å². The van der Waals surface area contributed by atoms with Crippen molar-refractivity contribution in [1.82, 2.24) is 10.2 Å². The zero-order valence-electron chi connectivity index (χ0n) is 17.3. The Hall–Kier alpha value is -2.53. The number of carbonyl (C=O) groups is 1. The van der Waals surface area contributed by atoms with Crippen molar-refractivity contribution in [2.45, 2.75) is 50.3 Å². The van der Waals surface area contributed by atoms with Gasteiger partial charge in [-0.05, 0) is 56.5 Å². The van der Waals surface area contributed by atoms with Crippen molar-refractivity contribution in [1.29, 1.82) is 0 Å². The van der Waals surface area contributed by atoms with E-state index in [1.54, 1.807) is 7.11 Å². The van der Waals surface area contributed by atoms with E-state index in [0.29, 0.717) is 25.6 Å². The predicted octanol–water partition coefficient (Wildman–Crippen LogP) is 3.56. The normalized spacial score (nSPS) is 23.8. The molecule has 1 N–H and O–H groups in total. The number of methoxy groups -OCH3 is 1. The average Bonchev–Trinajstić information content (AvgIpc) is 2.91. The molecule has 5 nitrogen and oxygen atoms in total. The average molecular weight is 395 g/mol. The summed E-state index contributed by atoms with van der Waals surface area (Å²) < 4.78 is 11.9. The number of para-hydroxylation sites is 1. The molecule has 1 heterocycles. The van der Waals surface area contributed by atoms with E-state index in [4.69, 9.17) is 9.47 Å². The molecule has 1 fully saturated rings. The smallest absolute Gasteiger partial charge is 0.227 e. The number of benzene rings is 2. The molecule has 0 bridgehead atoms. The molecule has 2 aliphatic rings. The summed E-state index contributed by atoms with van der Waals surface area (Å²) in [6.07, 6.45) is 4.41. The fraction of sp³-hybridized carbons (Fsp3) is 0.458. The Morgan fingerprint density at radius 3 is 2.76 bits per heavy atom. The van der Waals surface area contributed by atoms with Crippen LogP contribution in [0.25, 0.3) is 0 Å². The van der Waals surface area contributed by atoms with Crippen LogP contribution in [0.4, 0.5) is 0 Å². The van der Waals surface area contributed by atoms with Gasteiger partial charge in [-0.15, -0.1) is 0 Å². The number of fused-ring (bicyclic) bond motifs is 1. The summed E-state index contributed by atoms with van der Waals surface area (Å²) in [6, 6.07) is 16.4. The number of rotatable bonds is 4. The minimum Gasteiger partial charge on any atom is -0.497 e. The van der Waals surface area contributed by atoms with Crippen LogP contribution in [0.5, 0.6) is 11.5 Å². The highest BCUT2D eigenvalue weighted by atomic mass is 16.5. The maximum Gasteiger partial charge on any atom is 0.227 e. The van der Waals surface area contributed by atoms with Crippen molar-refractivity contribution >= 4 is 5.91 Å². The summed E-state index contributed by atoms with van der Waals surface area (Å²) in [5.74, 6) is 1.84. The van der Waals surface area contributed by atoms with E-state index in [0.717, 1.165) is 48.3 Å². The van der Waals surface area contributed by atoms with Gasteiger partial charge in [0.15, 0.2) is 0 Å². The van der Waals surface area contributed by atoms with Crippen LogP contribution in [-0.2, 0) is 17.8 Å². The number of amides is 1. The summed E-state index contributed by atoms with van der Waals surface area (Å²) in [4.78, 5) is 15.3. The summed E-state index contributed by atoms with van der Waals surface area (Å²) in [5.41, 5.74) is 1.75. The summed E-state index contributed by atoms with van der Waals surface area (Å²) in [6.45, 7) is 1.23. The summed E-state index contributed by atoms with van der Waals surface area (Å²) >= 11 is 0. The molecule has 1 aliphatic heterocycles. The molecule has 0 saturated heterocycles. The first-order valence-corrected chi connectivity index (χ1v) is 10.5. The minimum absolute atomic E-state index is 0.133. The number of carbonyl (C=O) groups excluding carboxylic acids is 1. The molecule has 0 radical (unpaired) electrons. The van der Waals surface area contributed by atoms with Crippen LogP contribution in [0, 0.1) is 0 Å². The van der Waals surface area contributed by atoms with Gasteiger partial charge < -0.3 is 19.7 Å². The van der Waals surface area contributed by atoms with Crippen LogP contribution in [-0.4, -0.2) is 43.2 Å². The van der Waals surface area contributed by atoms with E-state index in [-0.39, 0.29) is 11.5 Å². The SMILES string of the molecule is CNC1CCC2(CC1)CN(C(=O)Cc1cccc(OC)c1)Cc1ccccc1O2. The second-order valence-corrected chi connectivity index (χ2v) is 8.23. The van der Waals surface area contributed by atoms with E-state index < -0.39 is 0 Å². The highest BCUT2D eigenvalue weighted by molar-refractivity contribution is 5.79. The van der Waals surface area contributed by atoms with Gasteiger partial charge in [-0.25, -0.2) is 0 Å². The molecule has 29 heavy (non-hydrogen) atoms. The van der Waals surface area contributed by atoms with Gasteiger partial charge in [-0.1, -0.05) is 30.3 Å². The van der Waals surface area contributed by atoms with Gasteiger partial charge in [0.2, 0.25) is 5.91 Å². The quantitative estimate of drug-likeness (QED) is 0.862. The number of hydrogen-bond acceptors (Lipinski definition) is 4. The highest BCUT2D eigenvalue weighted by Gasteiger charge is 2.41. The van der Waals surface area contributed by atoms with Gasteiger partial charge in [0.1, 0.15) is 17.1 Å². The van der Waals surface area contributed by atoms with Crippen LogP contribution >= 0.6 is 0 Å². The third kappa shape index (κ3) is 4.40. The molecule has 2 aromatic carbocycles. The van der Waals surface area contributed by atoms with Gasteiger partial charge in [0.05, 0.1) is 20.1 Å². The molecule has 1 amide bonds. The topological polar surface area (TPSA) is 50.8 Å². The van der Waals surface area contributed by atoms with E-state index in [1.807, 2.05) is 54.4 Å². The molecular formula is C24H30N2O3. The van der Waals surface area contributed by atoms with Gasteiger partial charge >= 0.3 is 0 Å². The second-order valence-electron chi connectivity index (χ2n) is 8.23. The van der Waals surface area contributed by atoms with Crippen molar-refractivity contribution in [3.05, 3.63) is 59.7 Å². The van der Waals surface area contributed by atoms with Crippen LogP contribution in [0.3, 0.4) is 0 Å². The molecule has 2 aromatic rings. The number of nitrogens with zero attached hydrogens (tertiary/aromatic N) is 1. The molecular weight excluding hydrogens is 364 g/mol. The molecule has 1 aliphatic carbocycles. The summed E-state index contributed by atoms with van der Waals surface area (Å²) in [5, 5.41) is 3.39. The largest absolute Gasteiger partial charge is 0.497 e. The van der Waals surface area contributed by atoms with Gasteiger partial charge in [-0.2, -0.15) is 0 Å². The van der Waals surface area contributed by atoms with E-state index in [2.05, 4.69) is 11.4 Å². The fourth-order valence-electron chi connectivity index (χ4n) is 4.55. The Morgan fingerprint density at radius 1 is 1.21 bits per heavy atom. The zero-order chi connectivity index (χ0) is 20.3. The van der Waals surface area contributed by atoms with Crippen LogP contribution in [0.2, 0.25) is 0 Å². The van der Waals surface area contributed by atoms with Gasteiger partial charge in [0.25, 0.3) is 0 Å². The lowest BCUT2D eigenvalue weighted by molar-refractivity contribution is -0.134. The molecule has 5 heteroatoms. The minimum atomic E-state index is -0.302. The molecule has 4 rings (SSSR count). The monoisotopic (exact) mass is 394 g/mol. The first-order chi connectivity index (χ1) is 14.1. The number of hydrogen-bond donors (Lipinski definition) is 1. The standard InChI is InChI=1S/C24H30N2O3/c1-25-20-10-12-24(13-11-20)17-26(16-19-7-3-4-9-22(19)29-24)23(27)15-18-6-5-8-21(14-18)28-2/h3-9,14,20,25H,10-13,15-17H2,1-2H3. The Balaban J connectivity index is 1.57. The van der Waals surface area contributed by atoms with E-state index in [9.17, 15) is 4.79 Å². The number of nitrogens with one attached hydrogen (secondary N) is 1. The Kier molecular flexibility index (Phi) is 5.76. The van der Waals surface area contributed by atoms with Gasteiger partial charge in [-0.3, -0.25) is 4.79 Å². The lowest BCUT2D eigenvalue weighted by Gasteiger charge is -2.41. The molecule has 0 aromatic heterocycles. The van der Waals surface area contributed by atoms with Crippen molar-refractivity contribution in [3.8, 4) is 11.5 Å². The zero-order valence-corrected chi connectivity index (χ0v) is 17.3. The van der Waals surface area contributed by atoms with Gasteiger partial charge in [0, 0.05) is 18.2 Å². The second kappa shape index (κ2) is 8.46. The molecule has 154 valence electrons. The molecule has 0 unspecified atom stereocenters. The number of ether oxygens (including phenoxy) is 2. The maximum absolute atomic E-state index is 13.3. The van der Waals surface area contributed by atoms with Crippen LogP contribution in [0.15, 0.2) is 48.5 Å². The molecule has 1 spiro atoms. The Labute approximate surface area is 173 Å².